The van der Waals surface area contributed by atoms with Gasteiger partial charge in [-0.3, -0.25) is 4.79 Å². The first-order chi connectivity index (χ1) is 13.8. The number of nitriles is 1. The molecule has 6 nitrogen and oxygen atoms in total. The van der Waals surface area contributed by atoms with E-state index in [2.05, 4.69) is 16.5 Å². The van der Waals surface area contributed by atoms with Crippen LogP contribution in [-0.2, 0) is 11.2 Å². The molecule has 0 bridgehead atoms. The summed E-state index contributed by atoms with van der Waals surface area (Å²) in [4.78, 5) is 12.7. The number of nitrogens with zero attached hydrogens (tertiary/aromatic N) is 3. The second-order valence-corrected chi connectivity index (χ2v) is 7.15. The van der Waals surface area contributed by atoms with Crippen molar-refractivity contribution in [2.75, 3.05) is 12.4 Å². The molecule has 1 aromatic heterocycles. The third kappa shape index (κ3) is 4.25. The number of carbonyl (C=O) groups is 1. The minimum Gasteiger partial charge on any atom is -0.495 e. The standard InChI is InChI=1S/C22H21ClN4O2/c1-13-5-7-17(10-19(13)23)27-15(3)18(14(2)26-27)11-22(28)25-20-9-16(12-24)6-8-21(20)29-4/h5-10H,11H2,1-4H3,(H,25,28). The summed E-state index contributed by atoms with van der Waals surface area (Å²) >= 11 is 6.25. The average molecular weight is 409 g/mol. The van der Waals surface area contributed by atoms with E-state index in [1.807, 2.05) is 39.0 Å². The van der Waals surface area contributed by atoms with Crippen LogP contribution in [0.15, 0.2) is 36.4 Å². The number of methoxy groups -OCH3 is 1. The quantitative estimate of drug-likeness (QED) is 0.673. The molecule has 7 heteroatoms. The van der Waals surface area contributed by atoms with Crippen LogP contribution < -0.4 is 10.1 Å². The van der Waals surface area contributed by atoms with E-state index in [9.17, 15) is 4.79 Å². The lowest BCUT2D eigenvalue weighted by Gasteiger charge is -2.11. The molecule has 0 saturated carbocycles. The highest BCUT2D eigenvalue weighted by Gasteiger charge is 2.17. The topological polar surface area (TPSA) is 79.9 Å². The van der Waals surface area contributed by atoms with Gasteiger partial charge in [0.1, 0.15) is 5.75 Å². The monoisotopic (exact) mass is 408 g/mol. The number of aromatic nitrogens is 2. The molecule has 1 N–H and O–H groups in total. The number of benzene rings is 2. The Balaban J connectivity index is 1.86. The Kier molecular flexibility index (Phi) is 5.90. The number of rotatable bonds is 5. The molecule has 29 heavy (non-hydrogen) atoms. The Labute approximate surface area is 174 Å². The Bertz CT molecular complexity index is 1130. The lowest BCUT2D eigenvalue weighted by molar-refractivity contribution is -0.115. The highest BCUT2D eigenvalue weighted by atomic mass is 35.5. The molecule has 0 saturated heterocycles. The van der Waals surface area contributed by atoms with Crippen LogP contribution in [0.3, 0.4) is 0 Å². The lowest BCUT2D eigenvalue weighted by Crippen LogP contribution is -2.16. The van der Waals surface area contributed by atoms with E-state index in [4.69, 9.17) is 21.6 Å². The number of amides is 1. The fraction of sp³-hybridized carbons (Fsp3) is 0.227. The predicted octanol–water partition coefficient (Wildman–Crippen LogP) is 4.51. The zero-order chi connectivity index (χ0) is 21.1. The second kappa shape index (κ2) is 8.38. The molecule has 148 valence electrons. The number of hydrogen-bond acceptors (Lipinski definition) is 4. The Morgan fingerprint density at radius 2 is 2.00 bits per heavy atom. The van der Waals surface area contributed by atoms with Gasteiger partial charge in [-0.1, -0.05) is 17.7 Å². The number of hydrogen-bond donors (Lipinski definition) is 1. The molecular weight excluding hydrogens is 388 g/mol. The summed E-state index contributed by atoms with van der Waals surface area (Å²) in [6.45, 7) is 5.74. The van der Waals surface area contributed by atoms with Crippen LogP contribution in [0.1, 0.15) is 28.1 Å². The van der Waals surface area contributed by atoms with Crippen molar-refractivity contribution in [1.29, 1.82) is 5.26 Å². The summed E-state index contributed by atoms with van der Waals surface area (Å²) in [6.07, 6.45) is 0.150. The van der Waals surface area contributed by atoms with Gasteiger partial charge in [0.2, 0.25) is 5.91 Å². The van der Waals surface area contributed by atoms with E-state index in [1.165, 1.54) is 7.11 Å². The summed E-state index contributed by atoms with van der Waals surface area (Å²) in [7, 11) is 1.52. The summed E-state index contributed by atoms with van der Waals surface area (Å²) in [5.41, 5.74) is 5.22. The van der Waals surface area contributed by atoms with Crippen molar-refractivity contribution in [3.8, 4) is 17.5 Å². The minimum atomic E-state index is -0.217. The van der Waals surface area contributed by atoms with Crippen LogP contribution in [0, 0.1) is 32.1 Å². The molecule has 3 aromatic rings. The van der Waals surface area contributed by atoms with Crippen molar-refractivity contribution >= 4 is 23.2 Å². The van der Waals surface area contributed by atoms with Gasteiger partial charge in [0.25, 0.3) is 0 Å². The molecule has 3 rings (SSSR count). The van der Waals surface area contributed by atoms with Gasteiger partial charge in [-0.25, -0.2) is 4.68 Å². The van der Waals surface area contributed by atoms with Crippen LogP contribution in [0.25, 0.3) is 5.69 Å². The molecule has 0 fully saturated rings. The van der Waals surface area contributed by atoms with Gasteiger partial charge in [0.05, 0.1) is 42.2 Å². The van der Waals surface area contributed by atoms with E-state index in [0.717, 1.165) is 28.2 Å². The number of anilines is 1. The van der Waals surface area contributed by atoms with Crippen LogP contribution in [-0.4, -0.2) is 22.8 Å². The second-order valence-electron chi connectivity index (χ2n) is 6.75. The number of nitrogens with one attached hydrogen (secondary N) is 1. The molecule has 0 spiro atoms. The zero-order valence-corrected chi connectivity index (χ0v) is 17.5. The molecular formula is C22H21ClN4O2. The number of aryl methyl sites for hydroxylation is 2. The van der Waals surface area contributed by atoms with Crippen molar-refractivity contribution in [2.24, 2.45) is 0 Å². The molecule has 1 amide bonds. The molecule has 0 radical (unpaired) electrons. The Hall–Kier alpha value is -3.30. The number of halogens is 1. The molecule has 0 aliphatic carbocycles. The van der Waals surface area contributed by atoms with Gasteiger partial charge >= 0.3 is 0 Å². The Morgan fingerprint density at radius 1 is 1.24 bits per heavy atom. The van der Waals surface area contributed by atoms with Crippen molar-refractivity contribution in [2.45, 2.75) is 27.2 Å². The maximum atomic E-state index is 12.7. The van der Waals surface area contributed by atoms with Crippen molar-refractivity contribution in [1.82, 2.24) is 9.78 Å². The predicted molar refractivity (Wildman–Crippen MR) is 113 cm³/mol. The first-order valence-corrected chi connectivity index (χ1v) is 9.41. The number of carbonyl (C=O) groups excluding carboxylic acids is 1. The van der Waals surface area contributed by atoms with E-state index in [1.54, 1.807) is 22.9 Å². The molecule has 0 aliphatic heterocycles. The van der Waals surface area contributed by atoms with Gasteiger partial charge in [-0.05, 0) is 56.7 Å². The molecule has 1 heterocycles. The van der Waals surface area contributed by atoms with Gasteiger partial charge in [-0.15, -0.1) is 0 Å². The van der Waals surface area contributed by atoms with Gasteiger partial charge < -0.3 is 10.1 Å². The highest BCUT2D eigenvalue weighted by molar-refractivity contribution is 6.31. The van der Waals surface area contributed by atoms with Crippen molar-refractivity contribution < 1.29 is 9.53 Å². The summed E-state index contributed by atoms with van der Waals surface area (Å²) in [5, 5.41) is 17.2. The van der Waals surface area contributed by atoms with E-state index in [-0.39, 0.29) is 12.3 Å². The van der Waals surface area contributed by atoms with E-state index >= 15 is 0 Å². The molecule has 0 atom stereocenters. The lowest BCUT2D eigenvalue weighted by atomic mass is 10.1. The summed E-state index contributed by atoms with van der Waals surface area (Å²) in [6, 6.07) is 12.7. The highest BCUT2D eigenvalue weighted by Crippen LogP contribution is 2.26. The van der Waals surface area contributed by atoms with E-state index in [0.29, 0.717) is 22.0 Å². The third-order valence-electron chi connectivity index (χ3n) is 4.78. The largest absolute Gasteiger partial charge is 0.495 e. The SMILES string of the molecule is COc1ccc(C#N)cc1NC(=O)Cc1c(C)nn(-c2ccc(C)c(Cl)c2)c1C. The molecule has 2 aromatic carbocycles. The van der Waals surface area contributed by atoms with E-state index < -0.39 is 0 Å². The normalized spacial score (nSPS) is 10.5. The molecule has 0 unspecified atom stereocenters. The van der Waals surface area contributed by atoms with Gasteiger partial charge in [0, 0.05) is 16.3 Å². The first kappa shape index (κ1) is 20.4. The van der Waals surface area contributed by atoms with Gasteiger partial charge in [-0.2, -0.15) is 10.4 Å². The van der Waals surface area contributed by atoms with Crippen LogP contribution in [0.2, 0.25) is 5.02 Å². The smallest absolute Gasteiger partial charge is 0.229 e. The van der Waals surface area contributed by atoms with Crippen molar-refractivity contribution in [3.05, 3.63) is 69.5 Å². The van der Waals surface area contributed by atoms with Crippen LogP contribution >= 0.6 is 11.6 Å². The van der Waals surface area contributed by atoms with Gasteiger partial charge in [0.15, 0.2) is 0 Å². The summed E-state index contributed by atoms with van der Waals surface area (Å²) < 4.78 is 7.06. The Morgan fingerprint density at radius 3 is 2.66 bits per heavy atom. The number of ether oxygens (including phenoxy) is 1. The maximum absolute atomic E-state index is 12.7. The van der Waals surface area contributed by atoms with Crippen LogP contribution in [0.5, 0.6) is 5.75 Å². The van der Waals surface area contributed by atoms with Crippen LogP contribution in [0.4, 0.5) is 5.69 Å². The summed E-state index contributed by atoms with van der Waals surface area (Å²) in [5.74, 6) is 0.280. The maximum Gasteiger partial charge on any atom is 0.229 e. The van der Waals surface area contributed by atoms with Crippen molar-refractivity contribution in [3.63, 3.8) is 0 Å². The fourth-order valence-corrected chi connectivity index (χ4v) is 3.30. The average Bonchev–Trinajstić information content (AvgIpc) is 2.98. The first-order valence-electron chi connectivity index (χ1n) is 9.03. The third-order valence-corrected chi connectivity index (χ3v) is 5.19. The molecule has 0 aliphatic rings. The minimum absolute atomic E-state index is 0.150. The zero-order valence-electron chi connectivity index (χ0n) is 16.7. The fourth-order valence-electron chi connectivity index (χ4n) is 3.13.